The molecule has 0 saturated carbocycles. The van der Waals surface area contributed by atoms with Crippen molar-refractivity contribution in [2.24, 2.45) is 0 Å². The molecule has 1 heterocycles. The van der Waals surface area contributed by atoms with Crippen molar-refractivity contribution >= 4 is 21.7 Å². The van der Waals surface area contributed by atoms with Crippen LogP contribution in [-0.2, 0) is 6.42 Å². The Balaban J connectivity index is 2.20. The molecule has 0 atom stereocenters. The number of fused-ring (bicyclic) bond motifs is 2. The van der Waals surface area contributed by atoms with Crippen LogP contribution in [0.25, 0.3) is 0 Å². The molecule has 102 valence electrons. The van der Waals surface area contributed by atoms with Crippen molar-refractivity contribution < 1.29 is 14.3 Å². The van der Waals surface area contributed by atoms with Gasteiger partial charge in [-0.15, -0.1) is 0 Å². The third kappa shape index (κ3) is 2.10. The van der Waals surface area contributed by atoms with E-state index in [1.807, 2.05) is 25.1 Å². The van der Waals surface area contributed by atoms with Crippen molar-refractivity contribution in [3.63, 3.8) is 0 Å². The molecule has 4 heteroatoms. The van der Waals surface area contributed by atoms with Crippen LogP contribution in [0.1, 0.15) is 21.5 Å². The highest BCUT2D eigenvalue weighted by atomic mass is 79.9. The molecule has 0 spiro atoms. The first-order chi connectivity index (χ1) is 9.60. The summed E-state index contributed by atoms with van der Waals surface area (Å²) in [5, 5.41) is 0. The number of carbonyl (C=O) groups excluding carboxylic acids is 1. The van der Waals surface area contributed by atoms with E-state index in [4.69, 9.17) is 9.47 Å². The fourth-order valence-electron chi connectivity index (χ4n) is 2.41. The number of hydrogen-bond acceptors (Lipinski definition) is 3. The monoisotopic (exact) mass is 332 g/mol. The molecule has 0 saturated heterocycles. The molecule has 2 aromatic rings. The van der Waals surface area contributed by atoms with Crippen LogP contribution in [0.15, 0.2) is 34.8 Å². The smallest absolute Gasteiger partial charge is 0.171 e. The summed E-state index contributed by atoms with van der Waals surface area (Å²) >= 11 is 3.42. The third-order valence-electron chi connectivity index (χ3n) is 3.46. The summed E-state index contributed by atoms with van der Waals surface area (Å²) in [6.45, 7) is 1.90. The highest BCUT2D eigenvalue weighted by molar-refractivity contribution is 9.10. The van der Waals surface area contributed by atoms with E-state index in [0.717, 1.165) is 27.1 Å². The van der Waals surface area contributed by atoms with Gasteiger partial charge in [0.15, 0.2) is 5.78 Å². The molecule has 2 aromatic carbocycles. The zero-order valence-electron chi connectivity index (χ0n) is 11.2. The van der Waals surface area contributed by atoms with E-state index in [1.54, 1.807) is 19.2 Å². The van der Waals surface area contributed by atoms with E-state index in [1.165, 1.54) is 0 Å². The van der Waals surface area contributed by atoms with Gasteiger partial charge in [0, 0.05) is 22.0 Å². The van der Waals surface area contributed by atoms with Crippen molar-refractivity contribution in [3.05, 3.63) is 51.5 Å². The van der Waals surface area contributed by atoms with Crippen LogP contribution in [0.4, 0.5) is 0 Å². The van der Waals surface area contributed by atoms with Gasteiger partial charge in [0.1, 0.15) is 17.2 Å². The summed E-state index contributed by atoms with van der Waals surface area (Å²) in [7, 11) is 1.61. The standard InChI is InChI=1S/C16H13BrO3/c1-9-14(19-2)6-4-12-13(18)8-10-7-11(17)3-5-15(10)20-16(9)12/h3-7H,8H2,1-2H3. The van der Waals surface area contributed by atoms with E-state index in [2.05, 4.69) is 15.9 Å². The number of halogens is 1. The predicted molar refractivity (Wildman–Crippen MR) is 80.0 cm³/mol. The molecule has 1 aliphatic rings. The van der Waals surface area contributed by atoms with Crippen molar-refractivity contribution in [2.45, 2.75) is 13.3 Å². The zero-order valence-corrected chi connectivity index (χ0v) is 12.8. The lowest BCUT2D eigenvalue weighted by molar-refractivity contribution is 0.0993. The fraction of sp³-hybridized carbons (Fsp3) is 0.188. The third-order valence-corrected chi connectivity index (χ3v) is 3.96. The van der Waals surface area contributed by atoms with Gasteiger partial charge in [0.25, 0.3) is 0 Å². The average molecular weight is 333 g/mol. The first kappa shape index (κ1) is 13.2. The van der Waals surface area contributed by atoms with Gasteiger partial charge in [0.05, 0.1) is 12.7 Å². The van der Waals surface area contributed by atoms with Crippen molar-refractivity contribution in [1.29, 1.82) is 0 Å². The van der Waals surface area contributed by atoms with E-state index in [9.17, 15) is 4.79 Å². The molecular weight excluding hydrogens is 320 g/mol. The molecule has 1 aliphatic heterocycles. The lowest BCUT2D eigenvalue weighted by atomic mass is 10.0. The quantitative estimate of drug-likeness (QED) is 0.781. The topological polar surface area (TPSA) is 35.5 Å². The number of carbonyl (C=O) groups is 1. The van der Waals surface area contributed by atoms with E-state index in [-0.39, 0.29) is 5.78 Å². The molecule has 0 aliphatic carbocycles. The molecule has 3 nitrogen and oxygen atoms in total. The van der Waals surface area contributed by atoms with Gasteiger partial charge in [-0.1, -0.05) is 15.9 Å². The Morgan fingerprint density at radius 3 is 2.80 bits per heavy atom. The molecule has 0 radical (unpaired) electrons. The Bertz CT molecular complexity index is 707. The molecular formula is C16H13BrO3. The maximum atomic E-state index is 12.4. The fourth-order valence-corrected chi connectivity index (χ4v) is 2.82. The van der Waals surface area contributed by atoms with Crippen LogP contribution in [0, 0.1) is 6.92 Å². The Hall–Kier alpha value is -1.81. The van der Waals surface area contributed by atoms with Crippen molar-refractivity contribution in [2.75, 3.05) is 7.11 Å². The Kier molecular flexibility index (Phi) is 3.26. The second-order valence-corrected chi connectivity index (χ2v) is 5.64. The summed E-state index contributed by atoms with van der Waals surface area (Å²) in [6, 6.07) is 9.28. The minimum atomic E-state index is 0.0580. The van der Waals surface area contributed by atoms with E-state index >= 15 is 0 Å². The maximum Gasteiger partial charge on any atom is 0.171 e. The van der Waals surface area contributed by atoms with E-state index in [0.29, 0.717) is 17.7 Å². The van der Waals surface area contributed by atoms with Gasteiger partial charge in [-0.05, 0) is 37.3 Å². The SMILES string of the molecule is COc1ccc2c(c1C)Oc1ccc(Br)cc1CC2=O. The molecule has 20 heavy (non-hydrogen) atoms. The second-order valence-electron chi connectivity index (χ2n) is 4.72. The normalized spacial score (nSPS) is 13.1. The summed E-state index contributed by atoms with van der Waals surface area (Å²) < 4.78 is 12.2. The van der Waals surface area contributed by atoms with Gasteiger partial charge >= 0.3 is 0 Å². The highest BCUT2D eigenvalue weighted by Gasteiger charge is 2.24. The van der Waals surface area contributed by atoms with Crippen molar-refractivity contribution in [3.8, 4) is 17.2 Å². The number of methoxy groups -OCH3 is 1. The Morgan fingerprint density at radius 2 is 2.05 bits per heavy atom. The van der Waals surface area contributed by atoms with Gasteiger partial charge in [-0.2, -0.15) is 0 Å². The van der Waals surface area contributed by atoms with Crippen molar-refractivity contribution in [1.82, 2.24) is 0 Å². The van der Waals surface area contributed by atoms with Gasteiger partial charge in [-0.25, -0.2) is 0 Å². The van der Waals surface area contributed by atoms with Gasteiger partial charge in [0.2, 0.25) is 0 Å². The Labute approximate surface area is 125 Å². The number of ether oxygens (including phenoxy) is 2. The van der Waals surface area contributed by atoms with Crippen LogP contribution < -0.4 is 9.47 Å². The van der Waals surface area contributed by atoms with Gasteiger partial charge < -0.3 is 9.47 Å². The number of hydrogen-bond donors (Lipinski definition) is 0. The maximum absolute atomic E-state index is 12.4. The summed E-state index contributed by atoms with van der Waals surface area (Å²) in [5.74, 6) is 2.09. The number of rotatable bonds is 1. The Morgan fingerprint density at radius 1 is 1.25 bits per heavy atom. The summed E-state index contributed by atoms with van der Waals surface area (Å²) in [5.41, 5.74) is 2.34. The largest absolute Gasteiger partial charge is 0.496 e. The number of Topliss-reactive ketones (excluding diaryl/α,β-unsaturated/α-hetero) is 1. The molecule has 0 N–H and O–H groups in total. The number of ketones is 1. The number of benzene rings is 2. The van der Waals surface area contributed by atoms with Crippen LogP contribution in [0.5, 0.6) is 17.2 Å². The van der Waals surface area contributed by atoms with Crippen LogP contribution in [0.2, 0.25) is 0 Å². The zero-order chi connectivity index (χ0) is 14.3. The van der Waals surface area contributed by atoms with Crippen LogP contribution >= 0.6 is 15.9 Å². The van der Waals surface area contributed by atoms with Gasteiger partial charge in [-0.3, -0.25) is 4.79 Å². The molecule has 0 amide bonds. The minimum absolute atomic E-state index is 0.0580. The summed E-state index contributed by atoms with van der Waals surface area (Å²) in [6.07, 6.45) is 0.341. The molecule has 0 aromatic heterocycles. The second kappa shape index (κ2) is 4.94. The first-order valence-electron chi connectivity index (χ1n) is 6.27. The molecule has 0 bridgehead atoms. The molecule has 0 unspecified atom stereocenters. The lowest BCUT2D eigenvalue weighted by Gasteiger charge is -2.13. The average Bonchev–Trinajstić information content (AvgIpc) is 2.56. The first-order valence-corrected chi connectivity index (χ1v) is 7.06. The summed E-state index contributed by atoms with van der Waals surface area (Å²) in [4.78, 5) is 12.4. The van der Waals surface area contributed by atoms with E-state index < -0.39 is 0 Å². The molecule has 3 rings (SSSR count). The molecule has 0 fully saturated rings. The lowest BCUT2D eigenvalue weighted by Crippen LogP contribution is -2.03. The predicted octanol–water partition coefficient (Wildman–Crippen LogP) is 4.30. The van der Waals surface area contributed by atoms with Crippen LogP contribution in [0.3, 0.4) is 0 Å². The van der Waals surface area contributed by atoms with Crippen LogP contribution in [-0.4, -0.2) is 12.9 Å². The highest BCUT2D eigenvalue weighted by Crippen LogP contribution is 2.40. The minimum Gasteiger partial charge on any atom is -0.496 e.